The third-order valence-corrected chi connectivity index (χ3v) is 2.12. The van der Waals surface area contributed by atoms with Crippen LogP contribution in [0.25, 0.3) is 0 Å². The zero-order chi connectivity index (χ0) is 12.8. The van der Waals surface area contributed by atoms with Gasteiger partial charge in [-0.1, -0.05) is 6.08 Å². The summed E-state index contributed by atoms with van der Waals surface area (Å²) in [7, 11) is 3.40. The highest BCUT2D eigenvalue weighted by molar-refractivity contribution is 6.00. The molecule has 0 aliphatic carbocycles. The van der Waals surface area contributed by atoms with Crippen LogP contribution in [0.1, 0.15) is 17.3 Å². The smallest absolute Gasteiger partial charge is 0.253 e. The van der Waals surface area contributed by atoms with E-state index in [9.17, 15) is 9.59 Å². The predicted octanol–water partition coefficient (Wildman–Crippen LogP) is 1.90. The van der Waals surface area contributed by atoms with E-state index < -0.39 is 0 Å². The molecule has 90 valence electrons. The van der Waals surface area contributed by atoms with Crippen molar-refractivity contribution in [1.82, 2.24) is 4.90 Å². The molecule has 0 spiro atoms. The van der Waals surface area contributed by atoms with E-state index >= 15 is 0 Å². The highest BCUT2D eigenvalue weighted by atomic mass is 16.2. The Hall–Kier alpha value is -2.10. The number of amides is 2. The Morgan fingerprint density at radius 3 is 2.24 bits per heavy atom. The van der Waals surface area contributed by atoms with Crippen molar-refractivity contribution in [3.8, 4) is 0 Å². The van der Waals surface area contributed by atoms with E-state index in [4.69, 9.17) is 0 Å². The largest absolute Gasteiger partial charge is 0.345 e. The number of carbonyl (C=O) groups excluding carboxylic acids is 2. The van der Waals surface area contributed by atoms with Crippen LogP contribution in [0, 0.1) is 0 Å². The summed E-state index contributed by atoms with van der Waals surface area (Å²) in [5, 5.41) is 2.69. The van der Waals surface area contributed by atoms with Crippen molar-refractivity contribution in [3.05, 3.63) is 42.0 Å². The molecule has 0 fully saturated rings. The Labute approximate surface area is 101 Å². The van der Waals surface area contributed by atoms with Gasteiger partial charge in [0.1, 0.15) is 0 Å². The predicted molar refractivity (Wildman–Crippen MR) is 67.9 cm³/mol. The van der Waals surface area contributed by atoms with E-state index in [1.165, 1.54) is 11.0 Å². The molecule has 0 atom stereocenters. The molecule has 0 unspecified atom stereocenters. The Balaban J connectivity index is 2.75. The fraction of sp³-hybridized carbons (Fsp3) is 0.231. The summed E-state index contributed by atoms with van der Waals surface area (Å²) in [4.78, 5) is 24.4. The van der Waals surface area contributed by atoms with E-state index in [0.29, 0.717) is 11.3 Å². The molecule has 0 bridgehead atoms. The Morgan fingerprint density at radius 1 is 1.18 bits per heavy atom. The quantitative estimate of drug-likeness (QED) is 0.809. The average Bonchev–Trinajstić information content (AvgIpc) is 2.29. The third kappa shape index (κ3) is 3.75. The number of carbonyl (C=O) groups is 2. The molecule has 1 aromatic carbocycles. The number of benzene rings is 1. The maximum Gasteiger partial charge on any atom is 0.253 e. The molecule has 0 saturated carbocycles. The standard InChI is InChI=1S/C13H16N2O2/c1-4-5-12(16)14-11-8-6-10(7-9-11)13(17)15(2)3/h4-9H,1-3H3,(H,14,16). The molecule has 1 rings (SSSR count). The lowest BCUT2D eigenvalue weighted by molar-refractivity contribution is -0.111. The topological polar surface area (TPSA) is 49.4 Å². The van der Waals surface area contributed by atoms with Crippen LogP contribution in [0.2, 0.25) is 0 Å². The van der Waals surface area contributed by atoms with E-state index in [1.54, 1.807) is 51.4 Å². The van der Waals surface area contributed by atoms with Gasteiger partial charge in [0.05, 0.1) is 0 Å². The summed E-state index contributed by atoms with van der Waals surface area (Å²) >= 11 is 0. The van der Waals surface area contributed by atoms with Crippen molar-refractivity contribution in [3.63, 3.8) is 0 Å². The summed E-state index contributed by atoms with van der Waals surface area (Å²) in [6, 6.07) is 6.79. The van der Waals surface area contributed by atoms with Gasteiger partial charge in [0.2, 0.25) is 5.91 Å². The number of allylic oxidation sites excluding steroid dienone is 1. The van der Waals surface area contributed by atoms with Gasteiger partial charge in [0, 0.05) is 25.3 Å². The van der Waals surface area contributed by atoms with Gasteiger partial charge in [-0.15, -0.1) is 0 Å². The molecule has 0 saturated heterocycles. The number of rotatable bonds is 3. The molecule has 4 heteroatoms. The summed E-state index contributed by atoms with van der Waals surface area (Å²) < 4.78 is 0. The van der Waals surface area contributed by atoms with Gasteiger partial charge in [-0.05, 0) is 37.3 Å². The number of hydrogen-bond acceptors (Lipinski definition) is 2. The minimum atomic E-state index is -0.181. The summed E-state index contributed by atoms with van der Waals surface area (Å²) in [5.41, 5.74) is 1.27. The maximum absolute atomic E-state index is 11.6. The second kappa shape index (κ2) is 5.84. The van der Waals surface area contributed by atoms with Gasteiger partial charge in [-0.25, -0.2) is 0 Å². The van der Waals surface area contributed by atoms with Crippen molar-refractivity contribution in [1.29, 1.82) is 0 Å². The number of anilines is 1. The second-order valence-corrected chi connectivity index (χ2v) is 3.77. The van der Waals surface area contributed by atoms with E-state index in [-0.39, 0.29) is 11.8 Å². The average molecular weight is 232 g/mol. The van der Waals surface area contributed by atoms with Crippen LogP contribution in [-0.2, 0) is 4.79 Å². The van der Waals surface area contributed by atoms with Gasteiger partial charge in [0.25, 0.3) is 5.91 Å². The third-order valence-electron chi connectivity index (χ3n) is 2.12. The van der Waals surface area contributed by atoms with Crippen LogP contribution < -0.4 is 5.32 Å². The first-order valence-electron chi connectivity index (χ1n) is 5.30. The van der Waals surface area contributed by atoms with E-state index in [1.807, 2.05) is 0 Å². The lowest BCUT2D eigenvalue weighted by Crippen LogP contribution is -2.21. The van der Waals surface area contributed by atoms with Crippen molar-refractivity contribution >= 4 is 17.5 Å². The van der Waals surface area contributed by atoms with Crippen molar-refractivity contribution < 1.29 is 9.59 Å². The normalized spacial score (nSPS) is 10.3. The van der Waals surface area contributed by atoms with Gasteiger partial charge >= 0.3 is 0 Å². The molecule has 1 N–H and O–H groups in total. The second-order valence-electron chi connectivity index (χ2n) is 3.77. The summed E-state index contributed by atoms with van der Waals surface area (Å²) in [6.07, 6.45) is 3.11. The fourth-order valence-corrected chi connectivity index (χ4v) is 1.29. The molecule has 17 heavy (non-hydrogen) atoms. The monoisotopic (exact) mass is 232 g/mol. The number of nitrogens with one attached hydrogen (secondary N) is 1. The minimum absolute atomic E-state index is 0.0590. The number of hydrogen-bond donors (Lipinski definition) is 1. The molecule has 1 aromatic rings. The lowest BCUT2D eigenvalue weighted by Gasteiger charge is -2.10. The zero-order valence-corrected chi connectivity index (χ0v) is 10.2. The first-order chi connectivity index (χ1) is 8.04. The van der Waals surface area contributed by atoms with E-state index in [2.05, 4.69) is 5.32 Å². The van der Waals surface area contributed by atoms with Crippen LogP contribution in [0.3, 0.4) is 0 Å². The van der Waals surface area contributed by atoms with Crippen molar-refractivity contribution in [2.24, 2.45) is 0 Å². The molecule has 0 heterocycles. The summed E-state index contributed by atoms with van der Waals surface area (Å²) in [5.74, 6) is -0.240. The van der Waals surface area contributed by atoms with Gasteiger partial charge in [0.15, 0.2) is 0 Å². The molecule has 4 nitrogen and oxygen atoms in total. The molecule has 0 aromatic heterocycles. The SMILES string of the molecule is CC=CC(=O)Nc1ccc(C(=O)N(C)C)cc1. The molecule has 0 aliphatic heterocycles. The van der Waals surface area contributed by atoms with Crippen molar-refractivity contribution in [2.45, 2.75) is 6.92 Å². The highest BCUT2D eigenvalue weighted by Crippen LogP contribution is 2.10. The lowest BCUT2D eigenvalue weighted by atomic mass is 10.2. The van der Waals surface area contributed by atoms with Crippen LogP contribution in [-0.4, -0.2) is 30.8 Å². The Bertz CT molecular complexity index is 433. The van der Waals surface area contributed by atoms with Crippen LogP contribution in [0.15, 0.2) is 36.4 Å². The van der Waals surface area contributed by atoms with Gasteiger partial charge in [-0.3, -0.25) is 9.59 Å². The molecule has 2 amide bonds. The number of nitrogens with zero attached hydrogens (tertiary/aromatic N) is 1. The zero-order valence-electron chi connectivity index (χ0n) is 10.2. The molecule has 0 aliphatic rings. The molecular weight excluding hydrogens is 216 g/mol. The molecule has 0 radical (unpaired) electrons. The maximum atomic E-state index is 11.6. The van der Waals surface area contributed by atoms with Crippen LogP contribution >= 0.6 is 0 Å². The Morgan fingerprint density at radius 2 is 1.76 bits per heavy atom. The molecular formula is C13H16N2O2. The van der Waals surface area contributed by atoms with Crippen LogP contribution in [0.4, 0.5) is 5.69 Å². The Kier molecular flexibility index (Phi) is 4.46. The minimum Gasteiger partial charge on any atom is -0.345 e. The van der Waals surface area contributed by atoms with Gasteiger partial charge in [-0.2, -0.15) is 0 Å². The fourth-order valence-electron chi connectivity index (χ4n) is 1.29. The summed E-state index contributed by atoms with van der Waals surface area (Å²) in [6.45, 7) is 1.78. The van der Waals surface area contributed by atoms with E-state index in [0.717, 1.165) is 0 Å². The first kappa shape index (κ1) is 13.0. The van der Waals surface area contributed by atoms with Gasteiger partial charge < -0.3 is 10.2 Å². The van der Waals surface area contributed by atoms with Crippen molar-refractivity contribution in [2.75, 3.05) is 19.4 Å². The van der Waals surface area contributed by atoms with Crippen LogP contribution in [0.5, 0.6) is 0 Å². The first-order valence-corrected chi connectivity index (χ1v) is 5.30. The highest BCUT2D eigenvalue weighted by Gasteiger charge is 2.07.